The normalized spacial score (nSPS) is 17.5. The minimum absolute atomic E-state index is 0.208. The molecule has 2 amide bonds. The SMILES string of the molecule is O=C(Nc1ccc(Br)cc1)N1CCSC1c1ccccc1F. The summed E-state index contributed by atoms with van der Waals surface area (Å²) in [7, 11) is 0. The standard InChI is InChI=1S/C16H14BrFN2OS/c17-11-5-7-12(8-6-11)19-16(21)20-9-10-22-15(20)13-3-1-2-4-14(13)18/h1-8,15H,9-10H2,(H,19,21). The van der Waals surface area contributed by atoms with Crippen molar-refractivity contribution in [3.8, 4) is 0 Å². The zero-order valence-electron chi connectivity index (χ0n) is 11.6. The van der Waals surface area contributed by atoms with Crippen LogP contribution < -0.4 is 5.32 Å². The molecule has 0 radical (unpaired) electrons. The highest BCUT2D eigenvalue weighted by Crippen LogP contribution is 2.39. The van der Waals surface area contributed by atoms with Crippen LogP contribution in [0.3, 0.4) is 0 Å². The number of amides is 2. The van der Waals surface area contributed by atoms with Crippen molar-refractivity contribution in [2.45, 2.75) is 5.37 Å². The second-order valence-corrected chi connectivity index (χ2v) is 6.98. The predicted octanol–water partition coefficient (Wildman–Crippen LogP) is 4.87. The van der Waals surface area contributed by atoms with Crippen LogP contribution in [0.2, 0.25) is 0 Å². The molecule has 0 aromatic heterocycles. The van der Waals surface area contributed by atoms with Gasteiger partial charge in [0.15, 0.2) is 0 Å². The lowest BCUT2D eigenvalue weighted by Crippen LogP contribution is -2.34. The van der Waals surface area contributed by atoms with E-state index in [4.69, 9.17) is 0 Å². The first kappa shape index (κ1) is 15.4. The molecule has 1 saturated heterocycles. The number of thioether (sulfide) groups is 1. The van der Waals surface area contributed by atoms with Gasteiger partial charge in [-0.05, 0) is 30.3 Å². The third-order valence-electron chi connectivity index (χ3n) is 3.42. The van der Waals surface area contributed by atoms with E-state index in [1.807, 2.05) is 24.3 Å². The van der Waals surface area contributed by atoms with Crippen LogP contribution in [-0.4, -0.2) is 23.2 Å². The minimum atomic E-state index is -0.281. The molecule has 1 heterocycles. The molecule has 1 unspecified atom stereocenters. The molecule has 0 spiro atoms. The van der Waals surface area contributed by atoms with Crippen LogP contribution >= 0.6 is 27.7 Å². The van der Waals surface area contributed by atoms with Crippen LogP contribution in [0.1, 0.15) is 10.9 Å². The van der Waals surface area contributed by atoms with E-state index in [1.54, 1.807) is 34.9 Å². The number of hydrogen-bond acceptors (Lipinski definition) is 2. The molecule has 22 heavy (non-hydrogen) atoms. The number of benzene rings is 2. The van der Waals surface area contributed by atoms with E-state index in [0.29, 0.717) is 12.1 Å². The van der Waals surface area contributed by atoms with Gasteiger partial charge in [-0.25, -0.2) is 9.18 Å². The van der Waals surface area contributed by atoms with Crippen molar-refractivity contribution < 1.29 is 9.18 Å². The fraction of sp³-hybridized carbons (Fsp3) is 0.188. The number of nitrogens with zero attached hydrogens (tertiary/aromatic N) is 1. The van der Waals surface area contributed by atoms with Crippen molar-refractivity contribution >= 4 is 39.4 Å². The first-order chi connectivity index (χ1) is 10.6. The number of halogens is 2. The summed E-state index contributed by atoms with van der Waals surface area (Å²) < 4.78 is 14.9. The van der Waals surface area contributed by atoms with E-state index >= 15 is 0 Å². The molecule has 0 saturated carbocycles. The van der Waals surface area contributed by atoms with Crippen molar-refractivity contribution in [3.05, 3.63) is 64.4 Å². The largest absolute Gasteiger partial charge is 0.323 e. The molecule has 3 rings (SSSR count). The lowest BCUT2D eigenvalue weighted by molar-refractivity contribution is 0.213. The zero-order chi connectivity index (χ0) is 15.5. The van der Waals surface area contributed by atoms with Crippen LogP contribution in [0.25, 0.3) is 0 Å². The summed E-state index contributed by atoms with van der Waals surface area (Å²) >= 11 is 4.93. The molecular weight excluding hydrogens is 367 g/mol. The lowest BCUT2D eigenvalue weighted by atomic mass is 10.2. The van der Waals surface area contributed by atoms with Gasteiger partial charge in [-0.3, -0.25) is 0 Å². The van der Waals surface area contributed by atoms with Crippen LogP contribution in [0.5, 0.6) is 0 Å². The summed E-state index contributed by atoms with van der Waals surface area (Å²) in [5.74, 6) is 0.524. The highest BCUT2D eigenvalue weighted by Gasteiger charge is 2.32. The average Bonchev–Trinajstić information content (AvgIpc) is 2.99. The molecule has 0 bridgehead atoms. The van der Waals surface area contributed by atoms with Crippen molar-refractivity contribution in [1.29, 1.82) is 0 Å². The summed E-state index contributed by atoms with van der Waals surface area (Å²) in [6.07, 6.45) is 0. The topological polar surface area (TPSA) is 32.3 Å². The number of carbonyl (C=O) groups is 1. The molecule has 114 valence electrons. The van der Waals surface area contributed by atoms with Gasteiger partial charge in [-0.2, -0.15) is 0 Å². The van der Waals surface area contributed by atoms with Gasteiger partial charge in [0.2, 0.25) is 0 Å². The smallest absolute Gasteiger partial charge is 0.308 e. The lowest BCUT2D eigenvalue weighted by Gasteiger charge is -2.24. The van der Waals surface area contributed by atoms with E-state index in [9.17, 15) is 9.18 Å². The van der Waals surface area contributed by atoms with Crippen molar-refractivity contribution in [2.75, 3.05) is 17.6 Å². The average molecular weight is 381 g/mol. The van der Waals surface area contributed by atoms with Crippen molar-refractivity contribution in [1.82, 2.24) is 4.90 Å². The van der Waals surface area contributed by atoms with Gasteiger partial charge in [0.1, 0.15) is 11.2 Å². The highest BCUT2D eigenvalue weighted by atomic mass is 79.9. The van der Waals surface area contributed by atoms with E-state index in [1.165, 1.54) is 6.07 Å². The first-order valence-electron chi connectivity index (χ1n) is 6.84. The number of hydrogen-bond donors (Lipinski definition) is 1. The minimum Gasteiger partial charge on any atom is -0.308 e. The maximum absolute atomic E-state index is 14.0. The first-order valence-corrected chi connectivity index (χ1v) is 8.68. The van der Waals surface area contributed by atoms with Gasteiger partial charge in [0.25, 0.3) is 0 Å². The van der Waals surface area contributed by atoms with E-state index in [2.05, 4.69) is 21.2 Å². The molecule has 6 heteroatoms. The Balaban J connectivity index is 1.76. The summed E-state index contributed by atoms with van der Waals surface area (Å²) in [5, 5.41) is 2.58. The van der Waals surface area contributed by atoms with Gasteiger partial charge in [0, 0.05) is 28.0 Å². The molecule has 1 N–H and O–H groups in total. The third-order valence-corrected chi connectivity index (χ3v) is 5.19. The van der Waals surface area contributed by atoms with Gasteiger partial charge >= 0.3 is 6.03 Å². The highest BCUT2D eigenvalue weighted by molar-refractivity contribution is 9.10. The van der Waals surface area contributed by atoms with Crippen LogP contribution in [-0.2, 0) is 0 Å². The third kappa shape index (κ3) is 3.28. The molecule has 0 aliphatic carbocycles. The molecule has 3 nitrogen and oxygen atoms in total. The summed E-state index contributed by atoms with van der Waals surface area (Å²) in [4.78, 5) is 14.1. The van der Waals surface area contributed by atoms with Gasteiger partial charge < -0.3 is 10.2 Å². The van der Waals surface area contributed by atoms with Gasteiger partial charge in [-0.1, -0.05) is 34.1 Å². The molecule has 1 aliphatic rings. The quantitative estimate of drug-likeness (QED) is 0.805. The summed E-state index contributed by atoms with van der Waals surface area (Å²) in [6.45, 7) is 0.603. The maximum atomic E-state index is 14.0. The van der Waals surface area contributed by atoms with E-state index in [-0.39, 0.29) is 17.2 Å². The fourth-order valence-corrected chi connectivity index (χ4v) is 3.88. The Labute approximate surface area is 141 Å². The Morgan fingerprint density at radius 2 is 1.95 bits per heavy atom. The summed E-state index contributed by atoms with van der Waals surface area (Å²) in [6, 6.07) is 13.8. The zero-order valence-corrected chi connectivity index (χ0v) is 14.0. The number of carbonyl (C=O) groups excluding carboxylic acids is 1. The second-order valence-electron chi connectivity index (χ2n) is 4.88. The number of anilines is 1. The van der Waals surface area contributed by atoms with E-state index in [0.717, 1.165) is 15.9 Å². The summed E-state index contributed by atoms with van der Waals surface area (Å²) in [5.41, 5.74) is 1.27. The number of rotatable bonds is 2. The van der Waals surface area contributed by atoms with Gasteiger partial charge in [0.05, 0.1) is 0 Å². The molecule has 2 aromatic carbocycles. The number of nitrogens with one attached hydrogen (secondary N) is 1. The second kappa shape index (κ2) is 6.71. The monoisotopic (exact) mass is 380 g/mol. The number of urea groups is 1. The Morgan fingerprint density at radius 3 is 2.68 bits per heavy atom. The Morgan fingerprint density at radius 1 is 1.23 bits per heavy atom. The van der Waals surface area contributed by atoms with Crippen molar-refractivity contribution in [2.24, 2.45) is 0 Å². The van der Waals surface area contributed by atoms with Gasteiger partial charge in [-0.15, -0.1) is 11.8 Å². The molecular formula is C16H14BrFN2OS. The van der Waals surface area contributed by atoms with Crippen LogP contribution in [0.4, 0.5) is 14.9 Å². The molecule has 2 aromatic rings. The van der Waals surface area contributed by atoms with Crippen LogP contribution in [0, 0.1) is 5.82 Å². The Kier molecular flexibility index (Phi) is 4.69. The Bertz CT molecular complexity index is 680. The molecule has 1 atom stereocenters. The van der Waals surface area contributed by atoms with Crippen LogP contribution in [0.15, 0.2) is 53.0 Å². The fourth-order valence-electron chi connectivity index (χ4n) is 2.34. The molecule has 1 fully saturated rings. The van der Waals surface area contributed by atoms with E-state index < -0.39 is 0 Å². The molecule has 1 aliphatic heterocycles. The van der Waals surface area contributed by atoms with Crippen molar-refractivity contribution in [3.63, 3.8) is 0 Å². The predicted molar refractivity (Wildman–Crippen MR) is 91.5 cm³/mol. The Hall–Kier alpha value is -1.53. The maximum Gasteiger partial charge on any atom is 0.323 e.